The minimum absolute atomic E-state index is 0.511. The molecule has 0 radical (unpaired) electrons. The number of allylic oxidation sites excluding steroid dienone is 6. The molecule has 3 aliphatic carbocycles. The highest BCUT2D eigenvalue weighted by atomic mass is 14.5. The second kappa shape index (κ2) is 4.65. The summed E-state index contributed by atoms with van der Waals surface area (Å²) in [5.41, 5.74) is 3.66. The van der Waals surface area contributed by atoms with Crippen molar-refractivity contribution in [1.29, 1.82) is 0 Å². The van der Waals surface area contributed by atoms with Crippen LogP contribution < -0.4 is 0 Å². The van der Waals surface area contributed by atoms with Crippen molar-refractivity contribution in [1.82, 2.24) is 0 Å². The highest BCUT2D eigenvalue weighted by Gasteiger charge is 2.47. The first-order valence-electron chi connectivity index (χ1n) is 8.12. The molecule has 3 rings (SSSR count). The van der Waals surface area contributed by atoms with Gasteiger partial charge in [-0.2, -0.15) is 0 Å². The van der Waals surface area contributed by atoms with Crippen LogP contribution in [-0.2, 0) is 0 Å². The second-order valence-corrected chi connectivity index (χ2v) is 7.55. The molecular formula is C19H28. The Hall–Kier alpha value is -0.780. The fourth-order valence-corrected chi connectivity index (χ4v) is 4.79. The van der Waals surface area contributed by atoms with Crippen molar-refractivity contribution in [2.24, 2.45) is 29.1 Å². The molecule has 104 valence electrons. The van der Waals surface area contributed by atoms with Gasteiger partial charge in [-0.1, -0.05) is 64.8 Å². The van der Waals surface area contributed by atoms with E-state index in [1.807, 2.05) is 0 Å². The Kier molecular flexibility index (Phi) is 3.23. The average molecular weight is 256 g/mol. The quantitative estimate of drug-likeness (QED) is 0.579. The van der Waals surface area contributed by atoms with Gasteiger partial charge in [0.25, 0.3) is 0 Å². The van der Waals surface area contributed by atoms with Crippen LogP contribution in [0.3, 0.4) is 0 Å². The molecule has 1 saturated carbocycles. The van der Waals surface area contributed by atoms with Crippen LogP contribution in [0.15, 0.2) is 35.5 Å². The molecule has 0 heteroatoms. The predicted molar refractivity (Wildman–Crippen MR) is 82.9 cm³/mol. The Labute approximate surface area is 118 Å². The molecule has 0 saturated heterocycles. The molecule has 19 heavy (non-hydrogen) atoms. The minimum Gasteiger partial charge on any atom is -0.0804 e. The molecule has 1 fully saturated rings. The summed E-state index contributed by atoms with van der Waals surface area (Å²) in [7, 11) is 0. The first-order chi connectivity index (χ1) is 9.02. The van der Waals surface area contributed by atoms with Crippen molar-refractivity contribution in [3.63, 3.8) is 0 Å². The van der Waals surface area contributed by atoms with Crippen LogP contribution in [0.1, 0.15) is 53.4 Å². The van der Waals surface area contributed by atoms with Crippen molar-refractivity contribution in [2.75, 3.05) is 0 Å². The zero-order chi connectivity index (χ0) is 13.6. The molecule has 0 aromatic rings. The van der Waals surface area contributed by atoms with Crippen molar-refractivity contribution in [3.8, 4) is 0 Å². The van der Waals surface area contributed by atoms with Crippen molar-refractivity contribution >= 4 is 0 Å². The van der Waals surface area contributed by atoms with Gasteiger partial charge in [0.1, 0.15) is 0 Å². The lowest BCUT2D eigenvalue weighted by Crippen LogP contribution is -2.43. The van der Waals surface area contributed by atoms with Gasteiger partial charge >= 0.3 is 0 Å². The normalized spacial score (nSPS) is 41.4. The summed E-state index contributed by atoms with van der Waals surface area (Å²) < 4.78 is 0. The topological polar surface area (TPSA) is 0 Å². The maximum absolute atomic E-state index is 2.56. The van der Waals surface area contributed by atoms with E-state index >= 15 is 0 Å². The lowest BCUT2D eigenvalue weighted by molar-refractivity contribution is 0.0480. The number of rotatable bonds is 1. The molecule has 4 atom stereocenters. The van der Waals surface area contributed by atoms with Gasteiger partial charge in [-0.05, 0) is 53.1 Å². The van der Waals surface area contributed by atoms with Gasteiger partial charge in [-0.25, -0.2) is 0 Å². The summed E-state index contributed by atoms with van der Waals surface area (Å²) in [6.45, 7) is 9.63. The summed E-state index contributed by atoms with van der Waals surface area (Å²) in [5, 5.41) is 0. The number of hydrogen-bond acceptors (Lipinski definition) is 0. The monoisotopic (exact) mass is 256 g/mol. The largest absolute Gasteiger partial charge is 0.0804 e. The van der Waals surface area contributed by atoms with Crippen molar-refractivity contribution in [2.45, 2.75) is 53.4 Å². The first-order valence-corrected chi connectivity index (χ1v) is 8.12. The van der Waals surface area contributed by atoms with E-state index < -0.39 is 0 Å². The molecule has 0 aromatic heterocycles. The summed E-state index contributed by atoms with van der Waals surface area (Å²) >= 11 is 0. The van der Waals surface area contributed by atoms with Crippen LogP contribution in [0.2, 0.25) is 0 Å². The molecule has 0 aromatic carbocycles. The Bertz CT molecular complexity index is 449. The Morgan fingerprint density at radius 3 is 2.84 bits per heavy atom. The van der Waals surface area contributed by atoms with Gasteiger partial charge in [-0.15, -0.1) is 0 Å². The van der Waals surface area contributed by atoms with Crippen LogP contribution in [0.4, 0.5) is 0 Å². The van der Waals surface area contributed by atoms with Gasteiger partial charge in [0, 0.05) is 0 Å². The average Bonchev–Trinajstić information content (AvgIpc) is 2.38. The fraction of sp³-hybridized carbons (Fsp3) is 0.684. The van der Waals surface area contributed by atoms with Gasteiger partial charge in [0.05, 0.1) is 0 Å². The van der Waals surface area contributed by atoms with E-state index in [2.05, 4.69) is 52.0 Å². The van der Waals surface area contributed by atoms with E-state index in [0.29, 0.717) is 11.3 Å². The maximum atomic E-state index is 2.56. The SMILES string of the molecule is CC(C)C1=CCC2C(=C1)C=CC1C(C)CCCC21C. The van der Waals surface area contributed by atoms with E-state index in [4.69, 9.17) is 0 Å². The summed E-state index contributed by atoms with van der Waals surface area (Å²) in [6.07, 6.45) is 15.5. The zero-order valence-corrected chi connectivity index (χ0v) is 12.9. The zero-order valence-electron chi connectivity index (χ0n) is 12.9. The van der Waals surface area contributed by atoms with E-state index in [1.165, 1.54) is 25.7 Å². The number of hydrogen-bond donors (Lipinski definition) is 0. The third-order valence-electron chi connectivity index (χ3n) is 6.03. The Balaban J connectivity index is 1.96. The molecule has 0 heterocycles. The first kappa shape index (κ1) is 13.2. The molecule has 0 nitrogen and oxygen atoms in total. The maximum Gasteiger partial charge on any atom is -0.00675 e. The van der Waals surface area contributed by atoms with Gasteiger partial charge in [0.15, 0.2) is 0 Å². The van der Waals surface area contributed by atoms with E-state index in [0.717, 1.165) is 17.8 Å². The molecule has 0 aliphatic heterocycles. The fourth-order valence-electron chi connectivity index (χ4n) is 4.79. The van der Waals surface area contributed by atoms with E-state index in [1.54, 1.807) is 11.1 Å². The van der Waals surface area contributed by atoms with Crippen LogP contribution in [0.25, 0.3) is 0 Å². The summed E-state index contributed by atoms with van der Waals surface area (Å²) in [4.78, 5) is 0. The van der Waals surface area contributed by atoms with Crippen LogP contribution in [-0.4, -0.2) is 0 Å². The molecule has 4 unspecified atom stereocenters. The van der Waals surface area contributed by atoms with Gasteiger partial charge in [0.2, 0.25) is 0 Å². The van der Waals surface area contributed by atoms with Gasteiger partial charge < -0.3 is 0 Å². The summed E-state index contributed by atoms with van der Waals surface area (Å²) in [5.74, 6) is 3.11. The predicted octanol–water partition coefficient (Wildman–Crippen LogP) is 5.53. The molecule has 0 N–H and O–H groups in total. The third kappa shape index (κ3) is 2.04. The lowest BCUT2D eigenvalue weighted by atomic mass is 9.52. The van der Waals surface area contributed by atoms with Crippen LogP contribution in [0, 0.1) is 29.1 Å². The standard InChI is InChI=1S/C19H28/c1-13(2)15-7-10-18-16(12-15)8-9-17-14(3)6-5-11-19(17,18)4/h7-9,12-14,17-18H,5-6,10-11H2,1-4H3. The smallest absolute Gasteiger partial charge is 0.00675 e. The molecule has 0 spiro atoms. The van der Waals surface area contributed by atoms with Crippen molar-refractivity contribution in [3.05, 3.63) is 35.5 Å². The van der Waals surface area contributed by atoms with Crippen molar-refractivity contribution < 1.29 is 0 Å². The molecular weight excluding hydrogens is 228 g/mol. The van der Waals surface area contributed by atoms with E-state index in [-0.39, 0.29) is 0 Å². The third-order valence-corrected chi connectivity index (χ3v) is 6.03. The van der Waals surface area contributed by atoms with Crippen LogP contribution >= 0.6 is 0 Å². The van der Waals surface area contributed by atoms with Crippen LogP contribution in [0.5, 0.6) is 0 Å². The number of fused-ring (bicyclic) bond motifs is 3. The second-order valence-electron chi connectivity index (χ2n) is 7.55. The lowest BCUT2D eigenvalue weighted by Gasteiger charge is -2.52. The van der Waals surface area contributed by atoms with E-state index in [9.17, 15) is 0 Å². The Morgan fingerprint density at radius 1 is 1.32 bits per heavy atom. The molecule has 0 amide bonds. The summed E-state index contributed by atoms with van der Waals surface area (Å²) in [6, 6.07) is 0. The molecule has 0 bridgehead atoms. The highest BCUT2D eigenvalue weighted by molar-refractivity contribution is 5.41. The molecule has 3 aliphatic rings. The minimum atomic E-state index is 0.511. The highest BCUT2D eigenvalue weighted by Crippen LogP contribution is 2.56. The Morgan fingerprint density at radius 2 is 2.11 bits per heavy atom. The van der Waals surface area contributed by atoms with Gasteiger partial charge in [-0.3, -0.25) is 0 Å².